The first-order valence-corrected chi connectivity index (χ1v) is 8.59. The highest BCUT2D eigenvalue weighted by atomic mass is 16.2. The Balaban J connectivity index is 1.60. The fourth-order valence-electron chi connectivity index (χ4n) is 3.13. The molecule has 2 aromatic carbocycles. The quantitative estimate of drug-likeness (QED) is 0.792. The number of nitrogens with one attached hydrogen (secondary N) is 3. The molecule has 0 aromatic heterocycles. The van der Waals surface area contributed by atoms with Crippen LogP contribution in [0.25, 0.3) is 0 Å². The van der Waals surface area contributed by atoms with Crippen molar-refractivity contribution in [3.8, 4) is 0 Å². The summed E-state index contributed by atoms with van der Waals surface area (Å²) in [4.78, 5) is 24.3. The standard InChI is InChI=1S/C20H23N3O2/c1-13(2)21-20(25)23-16-10-8-15(9-11-16)22-19(24)18-12-7-14-5-3-4-6-17(14)18/h3-6,8-11,13,18H,7,12H2,1-2H3,(H,22,24)(H2,21,23,25)/t18-/m1/s1. The Bertz CT molecular complexity index is 769. The van der Waals surface area contributed by atoms with E-state index in [1.165, 1.54) is 5.56 Å². The van der Waals surface area contributed by atoms with E-state index in [1.54, 1.807) is 24.3 Å². The second-order valence-electron chi connectivity index (χ2n) is 6.61. The lowest BCUT2D eigenvalue weighted by Crippen LogP contribution is -2.34. The second kappa shape index (κ2) is 7.38. The smallest absolute Gasteiger partial charge is 0.319 e. The largest absolute Gasteiger partial charge is 0.336 e. The minimum absolute atomic E-state index is 0.0169. The molecule has 0 saturated heterocycles. The maximum Gasteiger partial charge on any atom is 0.319 e. The number of carbonyl (C=O) groups excluding carboxylic acids is 2. The molecule has 5 nitrogen and oxygen atoms in total. The Morgan fingerprint density at radius 1 is 0.960 bits per heavy atom. The molecule has 0 bridgehead atoms. The number of aryl methyl sites for hydroxylation is 1. The van der Waals surface area contributed by atoms with Crippen molar-refractivity contribution >= 4 is 23.3 Å². The highest BCUT2D eigenvalue weighted by molar-refractivity contribution is 5.97. The molecule has 0 fully saturated rings. The first kappa shape index (κ1) is 17.0. The van der Waals surface area contributed by atoms with Gasteiger partial charge in [0.1, 0.15) is 0 Å². The maximum atomic E-state index is 12.6. The Kier molecular flexibility index (Phi) is 5.03. The third kappa shape index (κ3) is 4.18. The molecular weight excluding hydrogens is 314 g/mol. The molecule has 0 saturated carbocycles. The van der Waals surface area contributed by atoms with Gasteiger partial charge in [0.05, 0.1) is 5.92 Å². The van der Waals surface area contributed by atoms with Crippen molar-refractivity contribution in [2.24, 2.45) is 0 Å². The highest BCUT2D eigenvalue weighted by Gasteiger charge is 2.28. The van der Waals surface area contributed by atoms with Gasteiger partial charge in [-0.15, -0.1) is 0 Å². The van der Waals surface area contributed by atoms with Crippen molar-refractivity contribution in [2.45, 2.75) is 38.6 Å². The van der Waals surface area contributed by atoms with Crippen LogP contribution in [-0.2, 0) is 11.2 Å². The lowest BCUT2D eigenvalue weighted by atomic mass is 10.0. The average Bonchev–Trinajstić information content (AvgIpc) is 3.00. The van der Waals surface area contributed by atoms with Gasteiger partial charge in [0.15, 0.2) is 0 Å². The van der Waals surface area contributed by atoms with Crippen LogP contribution in [0.3, 0.4) is 0 Å². The van der Waals surface area contributed by atoms with E-state index in [-0.39, 0.29) is 23.9 Å². The summed E-state index contributed by atoms with van der Waals surface area (Å²) in [6.45, 7) is 3.80. The van der Waals surface area contributed by atoms with Gasteiger partial charge in [0, 0.05) is 17.4 Å². The summed E-state index contributed by atoms with van der Waals surface area (Å²) < 4.78 is 0. The van der Waals surface area contributed by atoms with Crippen LogP contribution in [0.4, 0.5) is 16.2 Å². The molecule has 3 N–H and O–H groups in total. The molecule has 130 valence electrons. The average molecular weight is 337 g/mol. The Hall–Kier alpha value is -2.82. The van der Waals surface area contributed by atoms with Crippen molar-refractivity contribution in [1.82, 2.24) is 5.32 Å². The number of hydrogen-bond donors (Lipinski definition) is 3. The zero-order chi connectivity index (χ0) is 17.8. The minimum atomic E-state index is -0.241. The van der Waals surface area contributed by atoms with Gasteiger partial charge in [0.25, 0.3) is 0 Å². The van der Waals surface area contributed by atoms with Crippen molar-refractivity contribution in [3.05, 3.63) is 59.7 Å². The molecule has 0 heterocycles. The Morgan fingerprint density at radius 3 is 2.28 bits per heavy atom. The SMILES string of the molecule is CC(C)NC(=O)Nc1ccc(NC(=O)[C@@H]2CCc3ccccc32)cc1. The first-order chi connectivity index (χ1) is 12.0. The lowest BCUT2D eigenvalue weighted by molar-refractivity contribution is -0.117. The van der Waals surface area contributed by atoms with Gasteiger partial charge in [-0.1, -0.05) is 24.3 Å². The molecule has 1 aliphatic carbocycles. The van der Waals surface area contributed by atoms with E-state index in [1.807, 2.05) is 32.0 Å². The summed E-state index contributed by atoms with van der Waals surface area (Å²) in [5, 5.41) is 8.49. The predicted octanol–water partition coefficient (Wildman–Crippen LogP) is 3.89. The lowest BCUT2D eigenvalue weighted by Gasteiger charge is -2.13. The number of benzene rings is 2. The summed E-state index contributed by atoms with van der Waals surface area (Å²) in [6.07, 6.45) is 1.79. The first-order valence-electron chi connectivity index (χ1n) is 8.59. The molecule has 5 heteroatoms. The summed E-state index contributed by atoms with van der Waals surface area (Å²) in [7, 11) is 0. The minimum Gasteiger partial charge on any atom is -0.336 e. The molecule has 3 rings (SSSR count). The maximum absolute atomic E-state index is 12.6. The third-order valence-corrected chi connectivity index (χ3v) is 4.28. The van der Waals surface area contributed by atoms with Crippen molar-refractivity contribution in [2.75, 3.05) is 10.6 Å². The molecule has 0 unspecified atom stereocenters. The molecule has 1 atom stereocenters. The molecule has 3 amide bonds. The van der Waals surface area contributed by atoms with Crippen LogP contribution < -0.4 is 16.0 Å². The third-order valence-electron chi connectivity index (χ3n) is 4.28. The van der Waals surface area contributed by atoms with Gasteiger partial charge >= 0.3 is 6.03 Å². The summed E-state index contributed by atoms with van der Waals surface area (Å²) >= 11 is 0. The van der Waals surface area contributed by atoms with Crippen LogP contribution in [0.1, 0.15) is 37.3 Å². The zero-order valence-corrected chi connectivity index (χ0v) is 14.5. The molecular formula is C20H23N3O2. The van der Waals surface area contributed by atoms with E-state index in [4.69, 9.17) is 0 Å². The molecule has 25 heavy (non-hydrogen) atoms. The Morgan fingerprint density at radius 2 is 1.60 bits per heavy atom. The van der Waals surface area contributed by atoms with Crippen molar-refractivity contribution < 1.29 is 9.59 Å². The van der Waals surface area contributed by atoms with E-state index in [9.17, 15) is 9.59 Å². The van der Waals surface area contributed by atoms with Gasteiger partial charge in [-0.25, -0.2) is 4.79 Å². The van der Waals surface area contributed by atoms with Crippen LogP contribution in [0.2, 0.25) is 0 Å². The summed E-state index contributed by atoms with van der Waals surface area (Å²) in [5.41, 5.74) is 3.80. The van der Waals surface area contributed by atoms with Crippen LogP contribution in [0.15, 0.2) is 48.5 Å². The van der Waals surface area contributed by atoms with E-state index in [0.717, 1.165) is 24.1 Å². The number of carbonyl (C=O) groups is 2. The molecule has 0 spiro atoms. The number of fused-ring (bicyclic) bond motifs is 1. The van der Waals surface area contributed by atoms with Crippen LogP contribution in [-0.4, -0.2) is 18.0 Å². The molecule has 0 aliphatic heterocycles. The highest BCUT2D eigenvalue weighted by Crippen LogP contribution is 2.33. The van der Waals surface area contributed by atoms with E-state index < -0.39 is 0 Å². The number of urea groups is 1. The van der Waals surface area contributed by atoms with E-state index in [0.29, 0.717) is 5.69 Å². The zero-order valence-electron chi connectivity index (χ0n) is 14.5. The Labute approximate surface area is 147 Å². The van der Waals surface area contributed by atoms with Crippen LogP contribution >= 0.6 is 0 Å². The number of hydrogen-bond acceptors (Lipinski definition) is 2. The van der Waals surface area contributed by atoms with Gasteiger partial charge in [-0.2, -0.15) is 0 Å². The topological polar surface area (TPSA) is 70.2 Å². The van der Waals surface area contributed by atoms with Crippen LogP contribution in [0.5, 0.6) is 0 Å². The molecule has 1 aliphatic rings. The van der Waals surface area contributed by atoms with Crippen molar-refractivity contribution in [1.29, 1.82) is 0 Å². The van der Waals surface area contributed by atoms with E-state index >= 15 is 0 Å². The van der Waals surface area contributed by atoms with Gasteiger partial charge in [-0.3, -0.25) is 4.79 Å². The summed E-state index contributed by atoms with van der Waals surface area (Å²) in [5.74, 6) is -0.0750. The monoisotopic (exact) mass is 337 g/mol. The van der Waals surface area contributed by atoms with Gasteiger partial charge in [-0.05, 0) is 62.1 Å². The van der Waals surface area contributed by atoms with Crippen LogP contribution in [0, 0.1) is 0 Å². The number of anilines is 2. The fourth-order valence-corrected chi connectivity index (χ4v) is 3.13. The van der Waals surface area contributed by atoms with Gasteiger partial charge in [0.2, 0.25) is 5.91 Å². The predicted molar refractivity (Wildman–Crippen MR) is 99.9 cm³/mol. The molecule has 2 aromatic rings. The second-order valence-corrected chi connectivity index (χ2v) is 6.61. The van der Waals surface area contributed by atoms with E-state index in [2.05, 4.69) is 22.0 Å². The fraction of sp³-hybridized carbons (Fsp3) is 0.300. The normalized spacial score (nSPS) is 15.6. The number of amides is 3. The molecule has 0 radical (unpaired) electrons. The number of rotatable bonds is 4. The summed E-state index contributed by atoms with van der Waals surface area (Å²) in [6, 6.07) is 15.1. The van der Waals surface area contributed by atoms with Gasteiger partial charge < -0.3 is 16.0 Å². The van der Waals surface area contributed by atoms with Crippen molar-refractivity contribution in [3.63, 3.8) is 0 Å².